The van der Waals surface area contributed by atoms with Gasteiger partial charge in [0, 0.05) is 18.7 Å². The fraction of sp³-hybridized carbons (Fsp3) is 0.455. The van der Waals surface area contributed by atoms with Gasteiger partial charge in [0.15, 0.2) is 0 Å². The fourth-order valence-corrected chi connectivity index (χ4v) is 1.54. The van der Waals surface area contributed by atoms with Crippen LogP contribution in [0.4, 0.5) is 0 Å². The molecule has 90 valence electrons. The quantitative estimate of drug-likeness (QED) is 0.484. The molecule has 5 nitrogen and oxygen atoms in total. The van der Waals surface area contributed by atoms with E-state index in [9.17, 15) is 15.3 Å². The summed E-state index contributed by atoms with van der Waals surface area (Å²) in [5.74, 6) is -0.940. The molecule has 1 atom stereocenters. The van der Waals surface area contributed by atoms with Crippen molar-refractivity contribution >= 4 is 0 Å². The minimum Gasteiger partial charge on any atom is -0.508 e. The van der Waals surface area contributed by atoms with Crippen LogP contribution in [0.15, 0.2) is 12.1 Å². The molecule has 0 spiro atoms. The second-order valence-corrected chi connectivity index (χ2v) is 3.63. The number of phenolic OH excluding ortho intramolecular Hbond substituents is 3. The number of unbranched alkanes of at least 4 members (excludes halogenated alkanes) is 1. The van der Waals surface area contributed by atoms with Crippen LogP contribution >= 0.6 is 0 Å². The summed E-state index contributed by atoms with van der Waals surface area (Å²) in [5.41, 5.74) is 0.00994. The van der Waals surface area contributed by atoms with Gasteiger partial charge in [0.2, 0.25) is 0 Å². The number of hydrogen-bond acceptors (Lipinski definition) is 5. The van der Waals surface area contributed by atoms with E-state index in [1.807, 2.05) is 0 Å². The Morgan fingerprint density at radius 2 is 1.56 bits per heavy atom. The highest BCUT2D eigenvalue weighted by atomic mass is 16.3. The predicted molar refractivity (Wildman–Crippen MR) is 57.3 cm³/mol. The molecule has 1 aromatic carbocycles. The SMILES string of the molecule is OCCCCC(O)c1c(O)cc(O)cc1O. The number of phenols is 3. The van der Waals surface area contributed by atoms with E-state index < -0.39 is 6.10 Å². The van der Waals surface area contributed by atoms with E-state index in [0.717, 1.165) is 12.1 Å². The van der Waals surface area contributed by atoms with Crippen molar-refractivity contribution < 1.29 is 25.5 Å². The fourth-order valence-electron chi connectivity index (χ4n) is 1.54. The molecule has 0 fully saturated rings. The maximum absolute atomic E-state index is 9.72. The molecule has 0 radical (unpaired) electrons. The molecular weight excluding hydrogens is 212 g/mol. The first kappa shape index (κ1) is 12.6. The maximum atomic E-state index is 9.72. The zero-order chi connectivity index (χ0) is 12.1. The number of rotatable bonds is 5. The van der Waals surface area contributed by atoms with Crippen molar-refractivity contribution in [3.05, 3.63) is 17.7 Å². The van der Waals surface area contributed by atoms with Crippen LogP contribution in [0.5, 0.6) is 17.2 Å². The standard InChI is InChI=1S/C11H16O5/c12-4-2-1-3-8(14)11-9(15)5-7(13)6-10(11)16/h5-6,8,12-16H,1-4H2. The Hall–Kier alpha value is -1.46. The van der Waals surface area contributed by atoms with Crippen molar-refractivity contribution in [3.63, 3.8) is 0 Å². The van der Waals surface area contributed by atoms with E-state index in [4.69, 9.17) is 10.2 Å². The molecule has 0 aliphatic rings. The van der Waals surface area contributed by atoms with Crippen LogP contribution in [0.3, 0.4) is 0 Å². The minimum absolute atomic E-state index is 0.00994. The van der Waals surface area contributed by atoms with E-state index in [1.165, 1.54) is 0 Å². The second-order valence-electron chi connectivity index (χ2n) is 3.63. The lowest BCUT2D eigenvalue weighted by Gasteiger charge is -2.14. The lowest BCUT2D eigenvalue weighted by molar-refractivity contribution is 0.152. The van der Waals surface area contributed by atoms with Crippen molar-refractivity contribution in [2.45, 2.75) is 25.4 Å². The van der Waals surface area contributed by atoms with E-state index in [1.54, 1.807) is 0 Å². The third-order valence-corrected chi connectivity index (χ3v) is 2.34. The van der Waals surface area contributed by atoms with E-state index in [-0.39, 0.29) is 29.4 Å². The lowest BCUT2D eigenvalue weighted by Crippen LogP contribution is -1.99. The summed E-state index contributed by atoms with van der Waals surface area (Å²) in [6.07, 6.45) is 0.452. The van der Waals surface area contributed by atoms with Gasteiger partial charge >= 0.3 is 0 Å². The van der Waals surface area contributed by atoms with Crippen LogP contribution < -0.4 is 0 Å². The highest BCUT2D eigenvalue weighted by molar-refractivity contribution is 5.49. The van der Waals surface area contributed by atoms with Crippen molar-refractivity contribution in [2.24, 2.45) is 0 Å². The van der Waals surface area contributed by atoms with Gasteiger partial charge in [0.1, 0.15) is 17.2 Å². The summed E-state index contributed by atoms with van der Waals surface area (Å²) in [4.78, 5) is 0. The van der Waals surface area contributed by atoms with E-state index in [0.29, 0.717) is 19.3 Å². The molecule has 1 aromatic rings. The summed E-state index contributed by atoms with van der Waals surface area (Å²) in [6, 6.07) is 2.12. The first-order chi connectivity index (χ1) is 7.56. The van der Waals surface area contributed by atoms with Gasteiger partial charge in [-0.3, -0.25) is 0 Å². The third kappa shape index (κ3) is 3.01. The topological polar surface area (TPSA) is 101 Å². The molecule has 1 rings (SSSR count). The summed E-state index contributed by atoms with van der Waals surface area (Å²) < 4.78 is 0. The summed E-state index contributed by atoms with van der Waals surface area (Å²) in [5, 5.41) is 46.3. The Morgan fingerprint density at radius 3 is 2.06 bits per heavy atom. The van der Waals surface area contributed by atoms with E-state index >= 15 is 0 Å². The Kier molecular flexibility index (Phi) is 4.39. The Bertz CT molecular complexity index is 327. The Balaban J connectivity index is 2.78. The second kappa shape index (κ2) is 5.58. The monoisotopic (exact) mass is 228 g/mol. The molecule has 16 heavy (non-hydrogen) atoms. The van der Waals surface area contributed by atoms with Crippen LogP contribution in [-0.4, -0.2) is 32.1 Å². The van der Waals surface area contributed by atoms with Gasteiger partial charge < -0.3 is 25.5 Å². The van der Waals surface area contributed by atoms with Crippen LogP contribution in [0.25, 0.3) is 0 Å². The Morgan fingerprint density at radius 1 is 1.00 bits per heavy atom. The van der Waals surface area contributed by atoms with Gasteiger partial charge in [0.25, 0.3) is 0 Å². The van der Waals surface area contributed by atoms with Crippen molar-refractivity contribution in [2.75, 3.05) is 6.61 Å². The van der Waals surface area contributed by atoms with Crippen LogP contribution in [-0.2, 0) is 0 Å². The summed E-state index contributed by atoms with van der Waals surface area (Å²) >= 11 is 0. The molecular formula is C11H16O5. The molecule has 0 aliphatic heterocycles. The first-order valence-corrected chi connectivity index (χ1v) is 5.10. The molecule has 0 aromatic heterocycles. The number of aliphatic hydroxyl groups excluding tert-OH is 2. The molecule has 0 saturated carbocycles. The number of aromatic hydroxyl groups is 3. The molecule has 5 heteroatoms. The van der Waals surface area contributed by atoms with Gasteiger partial charge in [-0.1, -0.05) is 0 Å². The van der Waals surface area contributed by atoms with Crippen molar-refractivity contribution in [1.82, 2.24) is 0 Å². The van der Waals surface area contributed by atoms with Crippen LogP contribution in [0.1, 0.15) is 30.9 Å². The van der Waals surface area contributed by atoms with Crippen molar-refractivity contribution in [1.29, 1.82) is 0 Å². The third-order valence-electron chi connectivity index (χ3n) is 2.34. The van der Waals surface area contributed by atoms with Gasteiger partial charge in [-0.15, -0.1) is 0 Å². The zero-order valence-electron chi connectivity index (χ0n) is 8.80. The van der Waals surface area contributed by atoms with E-state index in [2.05, 4.69) is 0 Å². The van der Waals surface area contributed by atoms with Gasteiger partial charge in [0.05, 0.1) is 11.7 Å². The Labute approximate surface area is 93.2 Å². The molecule has 0 bridgehead atoms. The molecule has 5 N–H and O–H groups in total. The maximum Gasteiger partial charge on any atom is 0.128 e. The van der Waals surface area contributed by atoms with Gasteiger partial charge in [-0.25, -0.2) is 0 Å². The first-order valence-electron chi connectivity index (χ1n) is 5.10. The number of aliphatic hydroxyl groups is 2. The summed E-state index contributed by atoms with van der Waals surface area (Å²) in [6.45, 7) is 0.0419. The predicted octanol–water partition coefficient (Wildman–Crippen LogP) is 0.999. The van der Waals surface area contributed by atoms with Gasteiger partial charge in [-0.2, -0.15) is 0 Å². The van der Waals surface area contributed by atoms with Crippen molar-refractivity contribution in [3.8, 4) is 17.2 Å². The minimum atomic E-state index is -1.01. The van der Waals surface area contributed by atoms with Crippen LogP contribution in [0.2, 0.25) is 0 Å². The molecule has 0 heterocycles. The molecule has 0 aliphatic carbocycles. The lowest BCUT2D eigenvalue weighted by atomic mass is 10.0. The molecule has 1 unspecified atom stereocenters. The average Bonchev–Trinajstić information content (AvgIpc) is 2.16. The zero-order valence-corrected chi connectivity index (χ0v) is 8.80. The number of benzene rings is 1. The average molecular weight is 228 g/mol. The smallest absolute Gasteiger partial charge is 0.128 e. The van der Waals surface area contributed by atoms with Crippen LogP contribution in [0, 0.1) is 0 Å². The number of hydrogen-bond donors (Lipinski definition) is 5. The normalized spacial score (nSPS) is 12.6. The largest absolute Gasteiger partial charge is 0.508 e. The molecule has 0 amide bonds. The summed E-state index contributed by atoms with van der Waals surface area (Å²) in [7, 11) is 0. The molecule has 0 saturated heterocycles. The highest BCUT2D eigenvalue weighted by Gasteiger charge is 2.17. The van der Waals surface area contributed by atoms with Gasteiger partial charge in [-0.05, 0) is 19.3 Å². The highest BCUT2D eigenvalue weighted by Crippen LogP contribution is 2.38.